The van der Waals surface area contributed by atoms with Gasteiger partial charge in [-0.1, -0.05) is 213 Å². The SMILES string of the molecule is CCCCCCCCCCCCCCCCCCCCC(O)C(=O)NC(COC1OC(CO)C(O)C(O)C1OC1OC(COC2OC(CO)C(O)C(OC3OC(C)C(O)C(O)C3O)C2NC(C)=O)C(O)C(O)C1O)C(O)C(O)CCCCCCCCCCCCCCC. The van der Waals surface area contributed by atoms with Crippen LogP contribution in [-0.4, -0.2) is 257 Å². The highest BCUT2D eigenvalue weighted by atomic mass is 16.8. The van der Waals surface area contributed by atoms with E-state index in [-0.39, 0.29) is 12.8 Å². The molecule has 4 rings (SSSR count). The molecule has 4 aliphatic rings. The van der Waals surface area contributed by atoms with Crippen molar-refractivity contribution in [3.63, 3.8) is 0 Å². The molecule has 4 heterocycles. The van der Waals surface area contributed by atoms with E-state index in [1.807, 2.05) is 0 Å². The second kappa shape index (κ2) is 47.2. The number of aliphatic hydroxyl groups excluding tert-OH is 14. The molecule has 0 bridgehead atoms. The van der Waals surface area contributed by atoms with E-state index in [1.165, 1.54) is 135 Å². The number of aliphatic hydroxyl groups is 14. The van der Waals surface area contributed by atoms with Crippen LogP contribution in [0.1, 0.15) is 240 Å². The third-order valence-electron chi connectivity index (χ3n) is 18.8. The fraction of sp³-hybridized carbons (Fsp3) is 0.970. The quantitative estimate of drug-likeness (QED) is 0.0389. The predicted octanol–water partition coefficient (Wildman–Crippen LogP) is 2.93. The van der Waals surface area contributed by atoms with Gasteiger partial charge in [-0.2, -0.15) is 0 Å². The van der Waals surface area contributed by atoms with Crippen molar-refractivity contribution in [3.8, 4) is 0 Å². The van der Waals surface area contributed by atoms with Crippen molar-refractivity contribution in [3.05, 3.63) is 0 Å². The van der Waals surface area contributed by atoms with Gasteiger partial charge in [0.05, 0.1) is 44.7 Å². The lowest BCUT2D eigenvalue weighted by Crippen LogP contribution is -2.68. The first kappa shape index (κ1) is 83.5. The Hall–Kier alpha value is -1.94. The van der Waals surface area contributed by atoms with Crippen LogP contribution < -0.4 is 10.6 Å². The Morgan fingerprint density at radius 2 is 0.828 bits per heavy atom. The number of amides is 2. The highest BCUT2D eigenvalue weighted by molar-refractivity contribution is 5.80. The molecule has 0 radical (unpaired) electrons. The minimum atomic E-state index is -2.10. The largest absolute Gasteiger partial charge is 0.394 e. The summed E-state index contributed by atoms with van der Waals surface area (Å²) >= 11 is 0. The lowest BCUT2D eigenvalue weighted by atomic mass is 9.95. The first-order chi connectivity index (χ1) is 44.7. The van der Waals surface area contributed by atoms with Crippen molar-refractivity contribution in [2.75, 3.05) is 26.4 Å². The molecule has 0 aromatic rings. The average Bonchev–Trinajstić information content (AvgIpc) is 0.813. The maximum Gasteiger partial charge on any atom is 0.249 e. The van der Waals surface area contributed by atoms with E-state index in [1.54, 1.807) is 0 Å². The lowest BCUT2D eigenvalue weighted by molar-refractivity contribution is -0.373. The Morgan fingerprint density at radius 3 is 1.30 bits per heavy atom. The molecule has 4 fully saturated rings. The summed E-state index contributed by atoms with van der Waals surface area (Å²) in [7, 11) is 0. The number of carbonyl (C=O) groups excluding carboxylic acids is 2. The number of unbranched alkanes of at least 4 members (excludes halogenated alkanes) is 29. The maximum atomic E-state index is 13.7. The smallest absolute Gasteiger partial charge is 0.249 e. The van der Waals surface area contributed by atoms with Crippen LogP contribution in [0.15, 0.2) is 0 Å². The van der Waals surface area contributed by atoms with E-state index >= 15 is 0 Å². The van der Waals surface area contributed by atoms with Gasteiger partial charge in [0.25, 0.3) is 0 Å². The Bertz CT molecular complexity index is 1920. The molecule has 0 aliphatic carbocycles. The fourth-order valence-corrected chi connectivity index (χ4v) is 12.8. The highest BCUT2D eigenvalue weighted by Crippen LogP contribution is 2.34. The minimum absolute atomic E-state index is 0.124. The highest BCUT2D eigenvalue weighted by Gasteiger charge is 2.54. The second-order valence-electron chi connectivity index (χ2n) is 26.7. The van der Waals surface area contributed by atoms with Gasteiger partial charge in [0.1, 0.15) is 104 Å². The molecule has 548 valence electrons. The van der Waals surface area contributed by atoms with Gasteiger partial charge < -0.3 is 120 Å². The summed E-state index contributed by atoms with van der Waals surface area (Å²) in [5.74, 6) is -1.55. The normalized spacial score (nSPS) is 33.1. The summed E-state index contributed by atoms with van der Waals surface area (Å²) in [5, 5.41) is 159. The van der Waals surface area contributed by atoms with Gasteiger partial charge in [0, 0.05) is 6.92 Å². The second-order valence-corrected chi connectivity index (χ2v) is 26.7. The zero-order valence-electron chi connectivity index (χ0n) is 56.4. The fourth-order valence-electron chi connectivity index (χ4n) is 12.8. The first-order valence-corrected chi connectivity index (χ1v) is 35.8. The third kappa shape index (κ3) is 29.0. The number of carbonyl (C=O) groups is 2. The topological polar surface area (TPSA) is 415 Å². The van der Waals surface area contributed by atoms with Crippen molar-refractivity contribution < 1.29 is 119 Å². The van der Waals surface area contributed by atoms with Crippen molar-refractivity contribution in [1.82, 2.24) is 10.6 Å². The van der Waals surface area contributed by atoms with Gasteiger partial charge in [-0.15, -0.1) is 0 Å². The molecule has 4 saturated heterocycles. The molecular weight excluding hydrogens is 1220 g/mol. The first-order valence-electron chi connectivity index (χ1n) is 35.8. The van der Waals surface area contributed by atoms with Crippen molar-refractivity contribution in [2.24, 2.45) is 0 Å². The molecule has 24 atom stereocenters. The van der Waals surface area contributed by atoms with Crippen LogP contribution in [0.5, 0.6) is 0 Å². The Kier molecular flexibility index (Phi) is 42.3. The van der Waals surface area contributed by atoms with Gasteiger partial charge in [-0.3, -0.25) is 9.59 Å². The van der Waals surface area contributed by atoms with Gasteiger partial charge in [0.15, 0.2) is 25.2 Å². The molecule has 0 aromatic carbocycles. The summed E-state index contributed by atoms with van der Waals surface area (Å²) < 4.78 is 47.2. The van der Waals surface area contributed by atoms with Crippen LogP contribution in [0.3, 0.4) is 0 Å². The Morgan fingerprint density at radius 1 is 0.430 bits per heavy atom. The third-order valence-corrected chi connectivity index (χ3v) is 18.8. The lowest BCUT2D eigenvalue weighted by Gasteiger charge is -2.48. The van der Waals surface area contributed by atoms with E-state index in [0.29, 0.717) is 12.8 Å². The van der Waals surface area contributed by atoms with Gasteiger partial charge in [-0.05, 0) is 19.8 Å². The Balaban J connectivity index is 1.40. The summed E-state index contributed by atoms with van der Waals surface area (Å²) in [6, 6.07) is -2.93. The van der Waals surface area contributed by atoms with Crippen molar-refractivity contribution >= 4 is 11.8 Å². The molecule has 0 saturated carbocycles. The van der Waals surface area contributed by atoms with Crippen LogP contribution >= 0.6 is 0 Å². The minimum Gasteiger partial charge on any atom is -0.394 e. The van der Waals surface area contributed by atoms with E-state index < -0.39 is 185 Å². The molecule has 16 N–H and O–H groups in total. The average molecular weight is 1340 g/mol. The van der Waals surface area contributed by atoms with Crippen LogP contribution in [-0.2, 0) is 47.5 Å². The predicted molar refractivity (Wildman–Crippen MR) is 341 cm³/mol. The van der Waals surface area contributed by atoms with E-state index in [0.717, 1.165) is 64.7 Å². The van der Waals surface area contributed by atoms with Gasteiger partial charge in [0.2, 0.25) is 11.8 Å². The Labute approximate surface area is 552 Å². The van der Waals surface area contributed by atoms with Crippen LogP contribution in [0.25, 0.3) is 0 Å². The number of nitrogens with one attached hydrogen (secondary N) is 2. The zero-order valence-corrected chi connectivity index (χ0v) is 56.4. The molecule has 24 unspecified atom stereocenters. The molecule has 93 heavy (non-hydrogen) atoms. The summed E-state index contributed by atoms with van der Waals surface area (Å²) in [6.45, 7) is 3.79. The summed E-state index contributed by atoms with van der Waals surface area (Å²) in [6.07, 6.45) is -1.95. The molecule has 0 spiro atoms. The number of hydrogen-bond acceptors (Lipinski definition) is 24. The van der Waals surface area contributed by atoms with Gasteiger partial charge in [-0.25, -0.2) is 0 Å². The van der Waals surface area contributed by atoms with Crippen molar-refractivity contribution in [2.45, 2.75) is 387 Å². The summed E-state index contributed by atoms with van der Waals surface area (Å²) in [5.41, 5.74) is 0. The van der Waals surface area contributed by atoms with E-state index in [9.17, 15) is 81.1 Å². The van der Waals surface area contributed by atoms with E-state index in [2.05, 4.69) is 24.5 Å². The molecule has 2 amide bonds. The molecule has 4 aliphatic heterocycles. The maximum absolute atomic E-state index is 13.7. The van der Waals surface area contributed by atoms with Crippen LogP contribution in [0.2, 0.25) is 0 Å². The monoisotopic (exact) mass is 1340 g/mol. The van der Waals surface area contributed by atoms with Gasteiger partial charge >= 0.3 is 0 Å². The number of hydrogen-bond donors (Lipinski definition) is 16. The zero-order chi connectivity index (χ0) is 68.2. The molecule has 0 aromatic heterocycles. The number of rotatable bonds is 50. The molecule has 26 heteroatoms. The van der Waals surface area contributed by atoms with Crippen molar-refractivity contribution in [1.29, 1.82) is 0 Å². The molecule has 26 nitrogen and oxygen atoms in total. The number of ether oxygens (including phenoxy) is 8. The standard InChI is InChI=1S/C67H126N2O24/c1-5-7-9-11-13-15-17-19-20-21-22-23-25-27-29-31-33-35-37-46(74)63(85)69-44(52(76)45(73)36-34-32-30-28-26-24-18-16-14-12-10-8-6-2)40-86-67-62(58(82)53(77)47(38-70)90-67)93-66-60(84)57(81)54(78)49(91-66)41-87-64-50(68-43(4)72)61(55(79)48(39-71)89-64)92-65-59(83)56(80)51(75)42(3)88-65/h42,44-62,64-67,70-71,73-84H,5-41H2,1-4H3,(H,68,72)(H,69,85). The summed E-state index contributed by atoms with van der Waals surface area (Å²) in [4.78, 5) is 26.3. The van der Waals surface area contributed by atoms with E-state index in [4.69, 9.17) is 37.9 Å². The van der Waals surface area contributed by atoms with Crippen LogP contribution in [0.4, 0.5) is 0 Å². The molecular formula is C67H126N2O24. The van der Waals surface area contributed by atoms with Crippen LogP contribution in [0, 0.1) is 0 Å².